The molecule has 1 heterocycles. The molecule has 1 aliphatic heterocycles. The molecule has 1 saturated heterocycles. The third kappa shape index (κ3) is 2.99. The molecule has 0 aromatic carbocycles. The van der Waals surface area contributed by atoms with Crippen LogP contribution in [0.1, 0.15) is 13.3 Å². The molecule has 14 heavy (non-hydrogen) atoms. The van der Waals surface area contributed by atoms with Crippen molar-refractivity contribution in [2.45, 2.75) is 13.3 Å². The molecular weight excluding hydrogens is 184 g/mol. The molecular formula is C9H16N2O3. The van der Waals surface area contributed by atoms with Gasteiger partial charge in [0.05, 0.1) is 12.5 Å². The van der Waals surface area contributed by atoms with Crippen LogP contribution in [0.15, 0.2) is 0 Å². The van der Waals surface area contributed by atoms with Crippen molar-refractivity contribution >= 4 is 11.9 Å². The Morgan fingerprint density at radius 3 is 2.79 bits per heavy atom. The van der Waals surface area contributed by atoms with Gasteiger partial charge in [0.1, 0.15) is 0 Å². The van der Waals surface area contributed by atoms with Crippen molar-refractivity contribution in [3.8, 4) is 0 Å². The van der Waals surface area contributed by atoms with Gasteiger partial charge in [-0.3, -0.25) is 14.5 Å². The number of aliphatic carboxylic acids is 1. The molecule has 0 unspecified atom stereocenters. The maximum Gasteiger partial charge on any atom is 0.307 e. The van der Waals surface area contributed by atoms with E-state index in [0.29, 0.717) is 32.6 Å². The molecule has 2 N–H and O–H groups in total. The van der Waals surface area contributed by atoms with Crippen LogP contribution in [-0.2, 0) is 9.59 Å². The minimum Gasteiger partial charge on any atom is -0.481 e. The Morgan fingerprint density at radius 2 is 2.29 bits per heavy atom. The minimum absolute atomic E-state index is 0.0291. The highest BCUT2D eigenvalue weighted by molar-refractivity contribution is 5.78. The molecule has 0 spiro atoms. The van der Waals surface area contributed by atoms with Crippen molar-refractivity contribution < 1.29 is 14.7 Å². The minimum atomic E-state index is -0.761. The summed E-state index contributed by atoms with van der Waals surface area (Å²) in [6, 6.07) is 0. The maximum atomic E-state index is 11.2. The van der Waals surface area contributed by atoms with Gasteiger partial charge in [0.25, 0.3) is 0 Å². The van der Waals surface area contributed by atoms with Crippen molar-refractivity contribution in [1.29, 1.82) is 0 Å². The standard InChI is InChI=1S/C9H16N2O3/c1-2-10-8(12)6-11-4-3-7(5-11)9(13)14/h7H,2-6H2,1H3,(H,10,12)(H,13,14)/t7-/m1/s1. The number of carboxylic acid groups (broad SMARTS) is 1. The fraction of sp³-hybridized carbons (Fsp3) is 0.778. The van der Waals surface area contributed by atoms with Crippen LogP contribution in [0, 0.1) is 5.92 Å². The summed E-state index contributed by atoms with van der Waals surface area (Å²) in [5.74, 6) is -1.09. The molecule has 0 saturated carbocycles. The Hall–Kier alpha value is -1.10. The predicted molar refractivity (Wildman–Crippen MR) is 50.9 cm³/mol. The van der Waals surface area contributed by atoms with E-state index in [-0.39, 0.29) is 11.8 Å². The number of carboxylic acids is 1. The number of carbonyl (C=O) groups is 2. The SMILES string of the molecule is CCNC(=O)CN1CC[C@@H](C(=O)O)C1. The van der Waals surface area contributed by atoms with Gasteiger partial charge >= 0.3 is 5.97 Å². The van der Waals surface area contributed by atoms with Crippen LogP contribution in [0.5, 0.6) is 0 Å². The van der Waals surface area contributed by atoms with Crippen LogP contribution in [0.3, 0.4) is 0 Å². The van der Waals surface area contributed by atoms with E-state index in [2.05, 4.69) is 5.32 Å². The number of likely N-dealkylation sites (tertiary alicyclic amines) is 1. The average Bonchev–Trinajstić information content (AvgIpc) is 2.53. The van der Waals surface area contributed by atoms with Gasteiger partial charge in [0.2, 0.25) is 5.91 Å². The highest BCUT2D eigenvalue weighted by atomic mass is 16.4. The fourth-order valence-corrected chi connectivity index (χ4v) is 1.63. The van der Waals surface area contributed by atoms with E-state index in [0.717, 1.165) is 0 Å². The zero-order valence-corrected chi connectivity index (χ0v) is 8.32. The van der Waals surface area contributed by atoms with Crippen molar-refractivity contribution in [2.24, 2.45) is 5.92 Å². The third-order valence-electron chi connectivity index (χ3n) is 2.36. The molecule has 80 valence electrons. The van der Waals surface area contributed by atoms with Gasteiger partial charge in [-0.05, 0) is 19.9 Å². The van der Waals surface area contributed by atoms with Gasteiger partial charge in [-0.15, -0.1) is 0 Å². The van der Waals surface area contributed by atoms with E-state index in [9.17, 15) is 9.59 Å². The zero-order chi connectivity index (χ0) is 10.6. The van der Waals surface area contributed by atoms with E-state index in [1.165, 1.54) is 0 Å². The van der Waals surface area contributed by atoms with Crippen molar-refractivity contribution in [1.82, 2.24) is 10.2 Å². The first-order chi connectivity index (χ1) is 6.63. The summed E-state index contributed by atoms with van der Waals surface area (Å²) >= 11 is 0. The van der Waals surface area contributed by atoms with Crippen LogP contribution in [-0.4, -0.2) is 48.1 Å². The molecule has 0 radical (unpaired) electrons. The van der Waals surface area contributed by atoms with Crippen molar-refractivity contribution in [3.63, 3.8) is 0 Å². The number of likely N-dealkylation sites (N-methyl/N-ethyl adjacent to an activating group) is 1. The van der Waals surface area contributed by atoms with E-state index in [1.807, 2.05) is 11.8 Å². The second-order valence-electron chi connectivity index (χ2n) is 3.51. The second-order valence-corrected chi connectivity index (χ2v) is 3.51. The largest absolute Gasteiger partial charge is 0.481 e. The van der Waals surface area contributed by atoms with Crippen LogP contribution in [0.25, 0.3) is 0 Å². The molecule has 1 amide bonds. The maximum absolute atomic E-state index is 11.2. The lowest BCUT2D eigenvalue weighted by atomic mass is 10.1. The molecule has 5 nitrogen and oxygen atoms in total. The summed E-state index contributed by atoms with van der Waals surface area (Å²) in [5.41, 5.74) is 0. The first kappa shape index (κ1) is 11.0. The zero-order valence-electron chi connectivity index (χ0n) is 8.32. The summed E-state index contributed by atoms with van der Waals surface area (Å²) in [6.07, 6.45) is 0.648. The highest BCUT2D eigenvalue weighted by Gasteiger charge is 2.28. The van der Waals surface area contributed by atoms with E-state index >= 15 is 0 Å². The van der Waals surface area contributed by atoms with Gasteiger partial charge in [0, 0.05) is 13.1 Å². The Bertz CT molecular complexity index is 230. The summed E-state index contributed by atoms with van der Waals surface area (Å²) < 4.78 is 0. The quantitative estimate of drug-likeness (QED) is 0.643. The van der Waals surface area contributed by atoms with E-state index < -0.39 is 5.97 Å². The second kappa shape index (κ2) is 4.95. The topological polar surface area (TPSA) is 69.6 Å². The molecule has 0 aliphatic carbocycles. The van der Waals surface area contributed by atoms with Crippen molar-refractivity contribution in [3.05, 3.63) is 0 Å². The Balaban J connectivity index is 2.28. The average molecular weight is 200 g/mol. The number of hydrogen-bond donors (Lipinski definition) is 2. The van der Waals surface area contributed by atoms with Gasteiger partial charge in [-0.2, -0.15) is 0 Å². The number of nitrogens with one attached hydrogen (secondary N) is 1. The van der Waals surface area contributed by atoms with Crippen molar-refractivity contribution in [2.75, 3.05) is 26.2 Å². The first-order valence-corrected chi connectivity index (χ1v) is 4.85. The Kier molecular flexibility index (Phi) is 3.88. The van der Waals surface area contributed by atoms with Crippen LogP contribution in [0.4, 0.5) is 0 Å². The molecule has 1 fully saturated rings. The van der Waals surface area contributed by atoms with Gasteiger partial charge < -0.3 is 10.4 Å². The Morgan fingerprint density at radius 1 is 1.57 bits per heavy atom. The summed E-state index contributed by atoms with van der Waals surface area (Å²) in [6.45, 7) is 4.00. The number of rotatable bonds is 4. The lowest BCUT2D eigenvalue weighted by molar-refractivity contribution is -0.141. The normalized spacial score (nSPS) is 22.2. The number of amides is 1. The van der Waals surface area contributed by atoms with E-state index in [1.54, 1.807) is 0 Å². The lowest BCUT2D eigenvalue weighted by Crippen LogP contribution is -2.36. The number of hydrogen-bond acceptors (Lipinski definition) is 3. The molecule has 1 atom stereocenters. The molecule has 1 aliphatic rings. The monoisotopic (exact) mass is 200 g/mol. The van der Waals surface area contributed by atoms with Gasteiger partial charge in [-0.1, -0.05) is 0 Å². The van der Waals surface area contributed by atoms with Crippen LogP contribution >= 0.6 is 0 Å². The lowest BCUT2D eigenvalue weighted by Gasteiger charge is -2.13. The highest BCUT2D eigenvalue weighted by Crippen LogP contribution is 2.15. The molecule has 0 aromatic heterocycles. The predicted octanol–water partition coefficient (Wildman–Crippen LogP) is -0.471. The molecule has 0 bridgehead atoms. The number of carbonyl (C=O) groups excluding carboxylic acids is 1. The first-order valence-electron chi connectivity index (χ1n) is 4.85. The number of nitrogens with zero attached hydrogens (tertiary/aromatic N) is 1. The van der Waals surface area contributed by atoms with E-state index in [4.69, 9.17) is 5.11 Å². The third-order valence-corrected chi connectivity index (χ3v) is 2.36. The summed E-state index contributed by atoms with van der Waals surface area (Å²) in [7, 11) is 0. The van der Waals surface area contributed by atoms with Crippen LogP contribution in [0.2, 0.25) is 0 Å². The smallest absolute Gasteiger partial charge is 0.307 e. The van der Waals surface area contributed by atoms with Crippen LogP contribution < -0.4 is 5.32 Å². The van der Waals surface area contributed by atoms with Gasteiger partial charge in [-0.25, -0.2) is 0 Å². The molecule has 0 aromatic rings. The molecule has 5 heteroatoms. The summed E-state index contributed by atoms with van der Waals surface area (Å²) in [4.78, 5) is 23.7. The Labute approximate surface area is 83.1 Å². The summed E-state index contributed by atoms with van der Waals surface area (Å²) in [5, 5.41) is 11.4. The fourth-order valence-electron chi connectivity index (χ4n) is 1.63. The van der Waals surface area contributed by atoms with Gasteiger partial charge in [0.15, 0.2) is 0 Å². The molecule has 1 rings (SSSR count).